The van der Waals surface area contributed by atoms with Crippen molar-refractivity contribution in [3.8, 4) is 0 Å². The molecule has 1 aliphatic rings. The molecule has 0 spiro atoms. The van der Waals surface area contributed by atoms with Gasteiger partial charge in [0.1, 0.15) is 0 Å². The Balaban J connectivity index is 2.13. The minimum Gasteiger partial charge on any atom is -0.370 e. The normalized spacial score (nSPS) is 14.1. The first-order valence-electron chi connectivity index (χ1n) is 8.68. The first-order valence-corrected chi connectivity index (χ1v) is 8.68. The van der Waals surface area contributed by atoms with Crippen LogP contribution in [0.1, 0.15) is 32.0 Å². The first kappa shape index (κ1) is 17.7. The van der Waals surface area contributed by atoms with Gasteiger partial charge in [0.2, 0.25) is 5.91 Å². The van der Waals surface area contributed by atoms with Crippen LogP contribution in [-0.2, 0) is 9.59 Å². The van der Waals surface area contributed by atoms with Crippen LogP contribution >= 0.6 is 0 Å². The topological polar surface area (TPSA) is 74.3 Å². The van der Waals surface area contributed by atoms with Crippen LogP contribution in [0, 0.1) is 0 Å². The molecule has 0 saturated carbocycles. The van der Waals surface area contributed by atoms with E-state index in [0.29, 0.717) is 16.9 Å². The van der Waals surface area contributed by atoms with Crippen LogP contribution in [0.3, 0.4) is 0 Å². The van der Waals surface area contributed by atoms with Crippen LogP contribution in [-0.4, -0.2) is 29.9 Å². The van der Waals surface area contributed by atoms with Gasteiger partial charge in [0.05, 0.1) is 28.3 Å². The van der Waals surface area contributed by atoms with Crippen LogP contribution in [0.25, 0.3) is 11.6 Å². The number of carbonyl (C=O) groups is 2. The Morgan fingerprint density at radius 3 is 2.65 bits per heavy atom. The van der Waals surface area contributed by atoms with Crippen LogP contribution in [0.15, 0.2) is 36.5 Å². The van der Waals surface area contributed by atoms with E-state index < -0.39 is 0 Å². The van der Waals surface area contributed by atoms with E-state index >= 15 is 0 Å². The number of hydrogen-bond donors (Lipinski definition) is 2. The van der Waals surface area contributed by atoms with Gasteiger partial charge in [-0.2, -0.15) is 0 Å². The van der Waals surface area contributed by atoms with Crippen LogP contribution in [0.2, 0.25) is 0 Å². The zero-order valence-corrected chi connectivity index (χ0v) is 15.2. The zero-order chi connectivity index (χ0) is 18.7. The summed E-state index contributed by atoms with van der Waals surface area (Å²) in [6.45, 7) is 7.18. The maximum atomic E-state index is 12.5. The molecule has 0 atom stereocenters. The third-order valence-electron chi connectivity index (χ3n) is 4.31. The lowest BCUT2D eigenvalue weighted by Crippen LogP contribution is -2.24. The van der Waals surface area contributed by atoms with Crippen LogP contribution in [0.5, 0.6) is 0 Å². The second-order valence-corrected chi connectivity index (χ2v) is 6.04. The summed E-state index contributed by atoms with van der Waals surface area (Å²) in [6, 6.07) is 9.36. The van der Waals surface area contributed by atoms with E-state index in [2.05, 4.69) is 34.4 Å². The van der Waals surface area contributed by atoms with Gasteiger partial charge in [0, 0.05) is 31.8 Å². The molecule has 2 heterocycles. The summed E-state index contributed by atoms with van der Waals surface area (Å²) in [5.74, 6) is -0.317. The third kappa shape index (κ3) is 3.44. The molecule has 1 aromatic heterocycles. The molecule has 0 aliphatic carbocycles. The maximum absolute atomic E-state index is 12.5. The van der Waals surface area contributed by atoms with Crippen molar-refractivity contribution in [2.45, 2.75) is 20.8 Å². The smallest absolute Gasteiger partial charge is 0.256 e. The molecule has 2 N–H and O–H groups in total. The molecule has 0 unspecified atom stereocenters. The molecule has 6 heteroatoms. The summed E-state index contributed by atoms with van der Waals surface area (Å²) in [5, 5.41) is 5.75. The number of aromatic nitrogens is 1. The standard InChI is InChI=1S/C20H22N4O2/c1-4-24(5-2)19-11-15-16(10-14-8-6-7-9-21-14)20(26)23-17(15)12-18(19)22-13(3)25/h6-12H,4-5H2,1-3H3,(H,22,25)(H,23,26)/b16-10-. The van der Waals surface area contributed by atoms with Crippen molar-refractivity contribution in [3.05, 3.63) is 47.8 Å². The molecular formula is C20H22N4O2. The summed E-state index contributed by atoms with van der Waals surface area (Å²) in [7, 11) is 0. The molecule has 0 saturated heterocycles. The van der Waals surface area contributed by atoms with Gasteiger partial charge in [0.15, 0.2) is 0 Å². The van der Waals surface area contributed by atoms with Crippen LogP contribution in [0.4, 0.5) is 17.1 Å². The van der Waals surface area contributed by atoms with Crippen molar-refractivity contribution >= 4 is 40.5 Å². The molecule has 0 radical (unpaired) electrons. The van der Waals surface area contributed by atoms with Crippen molar-refractivity contribution < 1.29 is 9.59 Å². The Kier molecular flexibility index (Phi) is 5.02. The zero-order valence-electron chi connectivity index (χ0n) is 15.2. The van der Waals surface area contributed by atoms with Gasteiger partial charge >= 0.3 is 0 Å². The molecular weight excluding hydrogens is 328 g/mol. The van der Waals surface area contributed by atoms with Crippen molar-refractivity contribution in [1.29, 1.82) is 0 Å². The number of rotatable bonds is 5. The molecule has 0 bridgehead atoms. The van der Waals surface area contributed by atoms with E-state index in [-0.39, 0.29) is 11.8 Å². The predicted molar refractivity (Wildman–Crippen MR) is 105 cm³/mol. The van der Waals surface area contributed by atoms with Crippen molar-refractivity contribution in [3.63, 3.8) is 0 Å². The minimum absolute atomic E-state index is 0.146. The molecule has 1 aliphatic heterocycles. The Morgan fingerprint density at radius 2 is 2.04 bits per heavy atom. The lowest BCUT2D eigenvalue weighted by Gasteiger charge is -2.25. The molecule has 1 aromatic carbocycles. The number of carbonyl (C=O) groups excluding carboxylic acids is 2. The highest BCUT2D eigenvalue weighted by Gasteiger charge is 2.27. The number of pyridine rings is 1. The fourth-order valence-electron chi connectivity index (χ4n) is 3.09. The summed E-state index contributed by atoms with van der Waals surface area (Å²) < 4.78 is 0. The number of nitrogens with one attached hydrogen (secondary N) is 2. The Labute approximate surface area is 152 Å². The summed E-state index contributed by atoms with van der Waals surface area (Å²) in [5.41, 5.74) is 4.39. The third-order valence-corrected chi connectivity index (χ3v) is 4.31. The lowest BCUT2D eigenvalue weighted by molar-refractivity contribution is -0.114. The summed E-state index contributed by atoms with van der Waals surface area (Å²) in [4.78, 5) is 30.5. The van der Waals surface area contributed by atoms with Crippen molar-refractivity contribution in [2.75, 3.05) is 28.6 Å². The fraction of sp³-hybridized carbons (Fsp3) is 0.250. The fourth-order valence-corrected chi connectivity index (χ4v) is 3.09. The molecule has 2 aromatic rings. The van der Waals surface area contributed by atoms with Crippen LogP contribution < -0.4 is 15.5 Å². The van der Waals surface area contributed by atoms with E-state index in [9.17, 15) is 9.59 Å². The highest BCUT2D eigenvalue weighted by Crippen LogP contribution is 2.40. The van der Waals surface area contributed by atoms with Gasteiger partial charge in [-0.25, -0.2) is 0 Å². The number of hydrogen-bond acceptors (Lipinski definition) is 4. The first-order chi connectivity index (χ1) is 12.5. The lowest BCUT2D eigenvalue weighted by atomic mass is 10.0. The Bertz CT molecular complexity index is 871. The highest BCUT2D eigenvalue weighted by atomic mass is 16.2. The van der Waals surface area contributed by atoms with Gasteiger partial charge in [-0.3, -0.25) is 14.6 Å². The number of amides is 2. The molecule has 6 nitrogen and oxygen atoms in total. The quantitative estimate of drug-likeness (QED) is 0.811. The van der Waals surface area contributed by atoms with Crippen molar-refractivity contribution in [1.82, 2.24) is 4.98 Å². The van der Waals surface area contributed by atoms with E-state index in [4.69, 9.17) is 0 Å². The van der Waals surface area contributed by atoms with Gasteiger partial charge < -0.3 is 15.5 Å². The van der Waals surface area contributed by atoms with Crippen molar-refractivity contribution in [2.24, 2.45) is 0 Å². The van der Waals surface area contributed by atoms with E-state index in [1.807, 2.05) is 30.3 Å². The second-order valence-electron chi connectivity index (χ2n) is 6.04. The number of anilines is 3. The van der Waals surface area contributed by atoms with Gasteiger partial charge in [-0.1, -0.05) is 6.07 Å². The molecule has 0 fully saturated rings. The van der Waals surface area contributed by atoms with Gasteiger partial charge in [0.25, 0.3) is 5.91 Å². The highest BCUT2D eigenvalue weighted by molar-refractivity contribution is 6.35. The number of nitrogens with zero attached hydrogens (tertiary/aromatic N) is 2. The summed E-state index contributed by atoms with van der Waals surface area (Å²) in [6.07, 6.45) is 3.48. The Hall–Kier alpha value is -3.15. The number of fused-ring (bicyclic) bond motifs is 1. The maximum Gasteiger partial charge on any atom is 0.256 e. The minimum atomic E-state index is -0.170. The Morgan fingerprint density at radius 1 is 1.27 bits per heavy atom. The monoisotopic (exact) mass is 350 g/mol. The molecule has 3 rings (SSSR count). The largest absolute Gasteiger partial charge is 0.370 e. The second kappa shape index (κ2) is 7.39. The predicted octanol–water partition coefficient (Wildman–Crippen LogP) is 3.38. The van der Waals surface area contributed by atoms with E-state index in [1.165, 1.54) is 6.92 Å². The summed E-state index contributed by atoms with van der Waals surface area (Å²) >= 11 is 0. The van der Waals surface area contributed by atoms with Gasteiger partial charge in [-0.05, 0) is 44.2 Å². The molecule has 134 valence electrons. The van der Waals surface area contributed by atoms with Gasteiger partial charge in [-0.15, -0.1) is 0 Å². The average Bonchev–Trinajstić information content (AvgIpc) is 2.91. The SMILES string of the molecule is CCN(CC)c1cc2c(cc1NC(C)=O)NC(=O)/C2=C\c1ccccn1. The van der Waals surface area contributed by atoms with E-state index in [1.54, 1.807) is 12.3 Å². The average molecular weight is 350 g/mol. The van der Waals surface area contributed by atoms with E-state index in [0.717, 1.165) is 30.0 Å². The molecule has 26 heavy (non-hydrogen) atoms. The number of benzene rings is 1. The molecule has 2 amide bonds.